The van der Waals surface area contributed by atoms with E-state index in [-0.39, 0.29) is 27.8 Å². The van der Waals surface area contributed by atoms with Gasteiger partial charge in [-0.05, 0) is 48.5 Å². The molecular formula is C18H10Cl2F3N3O2. The van der Waals surface area contributed by atoms with Gasteiger partial charge in [0.15, 0.2) is 5.69 Å². The maximum absolute atomic E-state index is 13.3. The van der Waals surface area contributed by atoms with Crippen LogP contribution in [0.3, 0.4) is 0 Å². The lowest BCUT2D eigenvalue weighted by Gasteiger charge is -2.13. The van der Waals surface area contributed by atoms with Gasteiger partial charge in [0.2, 0.25) is 5.95 Å². The molecule has 0 atom stereocenters. The number of carboxylic acids is 1. The number of alkyl halides is 3. The van der Waals surface area contributed by atoms with Gasteiger partial charge in [-0.2, -0.15) is 13.2 Å². The average Bonchev–Trinajstić information content (AvgIpc) is 2.61. The Morgan fingerprint density at radius 1 is 1.00 bits per heavy atom. The van der Waals surface area contributed by atoms with Crippen LogP contribution in [0.4, 0.5) is 24.8 Å². The van der Waals surface area contributed by atoms with Crippen LogP contribution in [0.2, 0.25) is 10.0 Å². The van der Waals surface area contributed by atoms with Crippen LogP contribution in [-0.2, 0) is 6.18 Å². The van der Waals surface area contributed by atoms with Crippen molar-refractivity contribution in [3.8, 4) is 11.3 Å². The number of rotatable bonds is 4. The van der Waals surface area contributed by atoms with Crippen LogP contribution in [0.5, 0.6) is 0 Å². The van der Waals surface area contributed by atoms with Crippen LogP contribution in [0.25, 0.3) is 11.3 Å². The largest absolute Gasteiger partial charge is 0.478 e. The van der Waals surface area contributed by atoms with Crippen molar-refractivity contribution in [2.75, 3.05) is 5.32 Å². The second-order valence-corrected chi connectivity index (χ2v) is 6.44. The molecule has 0 aliphatic heterocycles. The fourth-order valence-corrected chi connectivity index (χ4v) is 2.81. The van der Waals surface area contributed by atoms with Crippen LogP contribution in [0, 0.1) is 0 Å². The van der Waals surface area contributed by atoms with Crippen molar-refractivity contribution in [2.24, 2.45) is 0 Å². The number of benzene rings is 2. The van der Waals surface area contributed by atoms with Crippen molar-refractivity contribution in [3.05, 3.63) is 69.8 Å². The van der Waals surface area contributed by atoms with Crippen molar-refractivity contribution in [1.29, 1.82) is 0 Å². The van der Waals surface area contributed by atoms with E-state index < -0.39 is 17.8 Å². The van der Waals surface area contributed by atoms with Gasteiger partial charge in [-0.15, -0.1) is 0 Å². The number of nitrogens with one attached hydrogen (secondary N) is 1. The van der Waals surface area contributed by atoms with Gasteiger partial charge < -0.3 is 10.4 Å². The minimum absolute atomic E-state index is 0.0316. The summed E-state index contributed by atoms with van der Waals surface area (Å²) in [7, 11) is 0. The summed E-state index contributed by atoms with van der Waals surface area (Å²) in [5.41, 5.74) is -0.605. The lowest BCUT2D eigenvalue weighted by Crippen LogP contribution is -2.11. The van der Waals surface area contributed by atoms with Gasteiger partial charge in [-0.25, -0.2) is 14.8 Å². The molecule has 3 aromatic rings. The minimum atomic E-state index is -4.71. The van der Waals surface area contributed by atoms with E-state index in [1.54, 1.807) is 0 Å². The van der Waals surface area contributed by atoms with E-state index in [0.29, 0.717) is 10.7 Å². The Bertz CT molecular complexity index is 1040. The molecule has 10 heteroatoms. The third kappa shape index (κ3) is 4.52. The molecule has 0 saturated carbocycles. The third-order valence-electron chi connectivity index (χ3n) is 3.61. The molecule has 5 nitrogen and oxygen atoms in total. The first kappa shape index (κ1) is 19.9. The average molecular weight is 428 g/mol. The molecule has 0 aliphatic rings. The maximum atomic E-state index is 13.3. The molecule has 2 N–H and O–H groups in total. The third-order valence-corrected chi connectivity index (χ3v) is 4.16. The van der Waals surface area contributed by atoms with Crippen LogP contribution in [-0.4, -0.2) is 21.0 Å². The number of carboxylic acid groups (broad SMARTS) is 1. The second kappa shape index (κ2) is 7.65. The predicted molar refractivity (Wildman–Crippen MR) is 99.2 cm³/mol. The number of hydrogen-bond acceptors (Lipinski definition) is 4. The molecule has 0 bridgehead atoms. The Morgan fingerprint density at radius 2 is 1.68 bits per heavy atom. The van der Waals surface area contributed by atoms with E-state index in [1.807, 2.05) is 0 Å². The van der Waals surface area contributed by atoms with Gasteiger partial charge >= 0.3 is 12.1 Å². The highest BCUT2D eigenvalue weighted by atomic mass is 35.5. The molecule has 1 aromatic heterocycles. The monoisotopic (exact) mass is 427 g/mol. The van der Waals surface area contributed by atoms with Crippen LogP contribution in [0.15, 0.2) is 48.5 Å². The molecule has 144 valence electrons. The molecule has 0 aliphatic carbocycles. The highest BCUT2D eigenvalue weighted by molar-refractivity contribution is 6.36. The van der Waals surface area contributed by atoms with Gasteiger partial charge in [0.05, 0.1) is 16.3 Å². The summed E-state index contributed by atoms with van der Waals surface area (Å²) in [4.78, 5) is 18.5. The molecule has 1 heterocycles. The van der Waals surface area contributed by atoms with E-state index in [2.05, 4.69) is 15.3 Å². The predicted octanol–water partition coefficient (Wildman–Crippen LogP) is 5.91. The quantitative estimate of drug-likeness (QED) is 0.541. The van der Waals surface area contributed by atoms with E-state index in [9.17, 15) is 18.0 Å². The second-order valence-electron chi connectivity index (χ2n) is 5.59. The highest BCUT2D eigenvalue weighted by Crippen LogP contribution is 2.34. The number of carbonyl (C=O) groups is 1. The Balaban J connectivity index is 2.04. The van der Waals surface area contributed by atoms with Gasteiger partial charge in [0.1, 0.15) is 0 Å². The SMILES string of the molecule is O=C(O)c1ccc(Nc2nc(-c3ccc(Cl)cc3Cl)cc(C(F)(F)F)n2)cc1. The van der Waals surface area contributed by atoms with Gasteiger partial charge in [-0.1, -0.05) is 23.2 Å². The number of halogens is 5. The summed E-state index contributed by atoms with van der Waals surface area (Å²) in [5, 5.41) is 12.0. The fourth-order valence-electron chi connectivity index (χ4n) is 2.31. The summed E-state index contributed by atoms with van der Waals surface area (Å²) in [6.45, 7) is 0. The molecule has 0 amide bonds. The van der Waals surface area contributed by atoms with E-state index in [0.717, 1.165) is 6.07 Å². The minimum Gasteiger partial charge on any atom is -0.478 e. The van der Waals surface area contributed by atoms with Crippen molar-refractivity contribution in [3.63, 3.8) is 0 Å². The van der Waals surface area contributed by atoms with Crippen molar-refractivity contribution < 1.29 is 23.1 Å². The van der Waals surface area contributed by atoms with Gasteiger partial charge in [-0.3, -0.25) is 0 Å². The number of anilines is 2. The number of nitrogens with zero attached hydrogens (tertiary/aromatic N) is 2. The summed E-state index contributed by atoms with van der Waals surface area (Å²) < 4.78 is 39.8. The molecule has 0 fully saturated rings. The van der Waals surface area contributed by atoms with Crippen LogP contribution < -0.4 is 5.32 Å². The molecule has 28 heavy (non-hydrogen) atoms. The standard InChI is InChI=1S/C18H10Cl2F3N3O2/c19-10-3-6-12(13(20)7-10)14-8-15(18(21,22)23)26-17(25-14)24-11-4-1-9(2-5-11)16(27)28/h1-8H,(H,27,28)(H,24,25,26). The van der Waals surface area contributed by atoms with Gasteiger partial charge in [0.25, 0.3) is 0 Å². The first-order valence-electron chi connectivity index (χ1n) is 7.65. The number of aromatic nitrogens is 2. The summed E-state index contributed by atoms with van der Waals surface area (Å²) in [6, 6.07) is 10.5. The lowest BCUT2D eigenvalue weighted by molar-refractivity contribution is -0.141. The zero-order valence-electron chi connectivity index (χ0n) is 13.8. The topological polar surface area (TPSA) is 75.1 Å². The van der Waals surface area contributed by atoms with Crippen LogP contribution >= 0.6 is 23.2 Å². The van der Waals surface area contributed by atoms with Crippen molar-refractivity contribution >= 4 is 40.8 Å². The molecule has 0 spiro atoms. The number of aromatic carboxylic acids is 1. The van der Waals surface area contributed by atoms with E-state index in [1.165, 1.54) is 42.5 Å². The molecule has 2 aromatic carbocycles. The van der Waals surface area contributed by atoms with Crippen LogP contribution in [0.1, 0.15) is 16.1 Å². The lowest BCUT2D eigenvalue weighted by atomic mass is 10.1. The Hall–Kier alpha value is -2.84. The van der Waals surface area contributed by atoms with E-state index in [4.69, 9.17) is 28.3 Å². The molecular weight excluding hydrogens is 418 g/mol. The summed E-state index contributed by atoms with van der Waals surface area (Å²) >= 11 is 11.9. The maximum Gasteiger partial charge on any atom is 0.433 e. The zero-order chi connectivity index (χ0) is 20.5. The highest BCUT2D eigenvalue weighted by Gasteiger charge is 2.34. The normalized spacial score (nSPS) is 11.3. The number of hydrogen-bond donors (Lipinski definition) is 2. The Morgan fingerprint density at radius 3 is 2.25 bits per heavy atom. The zero-order valence-corrected chi connectivity index (χ0v) is 15.3. The molecule has 0 unspecified atom stereocenters. The molecule has 0 radical (unpaired) electrons. The first-order valence-corrected chi connectivity index (χ1v) is 8.41. The van der Waals surface area contributed by atoms with Crippen molar-refractivity contribution in [2.45, 2.75) is 6.18 Å². The summed E-state index contributed by atoms with van der Waals surface area (Å²) in [6.07, 6.45) is -4.71. The molecule has 3 rings (SSSR count). The summed E-state index contributed by atoms with van der Waals surface area (Å²) in [5.74, 6) is -1.44. The molecule has 0 saturated heterocycles. The fraction of sp³-hybridized carbons (Fsp3) is 0.0556. The van der Waals surface area contributed by atoms with E-state index >= 15 is 0 Å². The Kier molecular flexibility index (Phi) is 5.44. The van der Waals surface area contributed by atoms with Crippen molar-refractivity contribution in [1.82, 2.24) is 9.97 Å². The smallest absolute Gasteiger partial charge is 0.433 e. The van der Waals surface area contributed by atoms with Gasteiger partial charge in [0, 0.05) is 16.3 Å². The first-order chi connectivity index (χ1) is 13.1. The Labute approximate surface area is 166 Å².